The van der Waals surface area contributed by atoms with E-state index in [9.17, 15) is 0 Å². The molecule has 0 saturated heterocycles. The average Bonchev–Trinajstić information content (AvgIpc) is 1.65. The molecule has 0 fully saturated rings. The van der Waals surface area contributed by atoms with E-state index < -0.39 is 0 Å². The maximum absolute atomic E-state index is 5.27. The van der Waals surface area contributed by atoms with Crippen LogP contribution in [0.4, 0.5) is 0 Å². The summed E-state index contributed by atoms with van der Waals surface area (Å²) in [6.45, 7) is 3.77. The van der Waals surface area contributed by atoms with Crippen LogP contribution in [0.2, 0.25) is 0 Å². The summed E-state index contributed by atoms with van der Waals surface area (Å²) in [5.74, 6) is 0. The molecule has 0 unspecified atom stereocenters. The molecule has 0 aliphatic heterocycles. The monoisotopic (exact) mass is 101 g/mol. The van der Waals surface area contributed by atoms with Crippen LogP contribution in [0.1, 0.15) is 0 Å². The highest BCUT2D eigenvalue weighted by molar-refractivity contribution is 4.98. The first-order chi connectivity index (χ1) is 3.18. The minimum atomic E-state index is -0.236. The highest BCUT2D eigenvalue weighted by Crippen LogP contribution is 1.79. The molecular weight excluding hydrogens is 90.1 g/mol. The fourth-order valence-electron chi connectivity index (χ4n) is 0.151. The molecule has 0 spiro atoms. The van der Waals surface area contributed by atoms with Gasteiger partial charge in [-0.3, -0.25) is 0 Å². The Kier molecular flexibility index (Phi) is 2.40. The van der Waals surface area contributed by atoms with Gasteiger partial charge in [-0.2, -0.15) is 0 Å². The lowest BCUT2D eigenvalue weighted by atomic mass is 10.3. The zero-order valence-electron chi connectivity index (χ0n) is 4.22. The van der Waals surface area contributed by atoms with E-state index in [1.165, 1.54) is 0 Å². The van der Waals surface area contributed by atoms with Gasteiger partial charge in [0.2, 0.25) is 0 Å². The molecule has 0 saturated carbocycles. The van der Waals surface area contributed by atoms with Gasteiger partial charge in [0.25, 0.3) is 0 Å². The van der Waals surface area contributed by atoms with Crippen LogP contribution < -0.4 is 17.2 Å². The van der Waals surface area contributed by atoms with Crippen molar-refractivity contribution in [3.63, 3.8) is 0 Å². The minimum absolute atomic E-state index is 0.236. The van der Waals surface area contributed by atoms with E-state index >= 15 is 0 Å². The first-order valence-corrected chi connectivity index (χ1v) is 2.08. The van der Waals surface area contributed by atoms with E-state index in [1.807, 2.05) is 0 Å². The molecule has 0 amide bonds. The summed E-state index contributed by atoms with van der Waals surface area (Å²) in [4.78, 5) is 0. The zero-order chi connectivity index (χ0) is 5.86. The molecule has 0 aromatic carbocycles. The Hall–Kier alpha value is -0.540. The summed E-state index contributed by atoms with van der Waals surface area (Å²) in [7, 11) is 0. The van der Waals surface area contributed by atoms with Gasteiger partial charge in [-0.1, -0.05) is 6.58 Å². The summed E-state index contributed by atoms with van der Waals surface area (Å²) in [5, 5.41) is 0. The molecule has 0 aromatic rings. The van der Waals surface area contributed by atoms with Crippen molar-refractivity contribution in [2.75, 3.05) is 6.54 Å². The second kappa shape index (κ2) is 2.60. The van der Waals surface area contributed by atoms with Crippen LogP contribution in [-0.2, 0) is 0 Å². The molecule has 0 radical (unpaired) electrons. The highest BCUT2D eigenvalue weighted by Gasteiger charge is 1.96. The summed E-state index contributed by atoms with van der Waals surface area (Å²) in [6.07, 6.45) is 0. The quantitative estimate of drug-likeness (QED) is 0.406. The van der Waals surface area contributed by atoms with Gasteiger partial charge < -0.3 is 17.2 Å². The van der Waals surface area contributed by atoms with Crippen molar-refractivity contribution in [2.24, 2.45) is 17.2 Å². The predicted octanol–water partition coefficient (Wildman–Crippen LogP) is -1.26. The molecular formula is C4H11N3. The Morgan fingerprint density at radius 2 is 2.14 bits per heavy atom. The topological polar surface area (TPSA) is 78.1 Å². The van der Waals surface area contributed by atoms with E-state index in [-0.39, 0.29) is 6.04 Å². The lowest BCUT2D eigenvalue weighted by Crippen LogP contribution is -2.34. The number of hydrogen-bond donors (Lipinski definition) is 3. The number of hydrogen-bond acceptors (Lipinski definition) is 3. The van der Waals surface area contributed by atoms with Crippen molar-refractivity contribution in [1.29, 1.82) is 0 Å². The van der Waals surface area contributed by atoms with Crippen LogP contribution in [0.3, 0.4) is 0 Å². The first-order valence-electron chi connectivity index (χ1n) is 2.08. The summed E-state index contributed by atoms with van der Waals surface area (Å²) in [6, 6.07) is -0.236. The zero-order valence-corrected chi connectivity index (χ0v) is 4.22. The summed E-state index contributed by atoms with van der Waals surface area (Å²) >= 11 is 0. The molecule has 6 N–H and O–H groups in total. The Balaban J connectivity index is 3.34. The molecule has 0 rings (SSSR count). The van der Waals surface area contributed by atoms with E-state index in [2.05, 4.69) is 6.58 Å². The summed E-state index contributed by atoms with van der Waals surface area (Å²) in [5.41, 5.74) is 16.0. The van der Waals surface area contributed by atoms with Gasteiger partial charge in [0.15, 0.2) is 0 Å². The Labute approximate surface area is 43.2 Å². The van der Waals surface area contributed by atoms with Crippen molar-refractivity contribution < 1.29 is 0 Å². The third-order valence-electron chi connectivity index (χ3n) is 0.730. The molecule has 0 heterocycles. The van der Waals surface area contributed by atoms with Crippen LogP contribution >= 0.6 is 0 Å². The summed E-state index contributed by atoms with van der Waals surface area (Å²) < 4.78 is 0. The fraction of sp³-hybridized carbons (Fsp3) is 0.500. The number of rotatable bonds is 2. The second-order valence-corrected chi connectivity index (χ2v) is 1.42. The van der Waals surface area contributed by atoms with E-state index in [4.69, 9.17) is 17.2 Å². The minimum Gasteiger partial charge on any atom is -0.401 e. The Bertz CT molecular complexity index is 69.3. The van der Waals surface area contributed by atoms with Crippen LogP contribution in [-0.4, -0.2) is 12.6 Å². The van der Waals surface area contributed by atoms with Crippen molar-refractivity contribution in [3.05, 3.63) is 12.3 Å². The Morgan fingerprint density at radius 1 is 1.71 bits per heavy atom. The predicted molar refractivity (Wildman–Crippen MR) is 30.4 cm³/mol. The molecule has 1 atom stereocenters. The van der Waals surface area contributed by atoms with Gasteiger partial charge >= 0.3 is 0 Å². The lowest BCUT2D eigenvalue weighted by Gasteiger charge is -2.04. The largest absolute Gasteiger partial charge is 0.401 e. The number of nitrogens with two attached hydrogens (primary N) is 3. The molecule has 3 nitrogen and oxygen atoms in total. The molecule has 0 bridgehead atoms. The third kappa shape index (κ3) is 2.19. The fourth-order valence-corrected chi connectivity index (χ4v) is 0.151. The molecule has 3 heteroatoms. The van der Waals surface area contributed by atoms with Crippen LogP contribution in [0.15, 0.2) is 12.3 Å². The van der Waals surface area contributed by atoms with Crippen molar-refractivity contribution in [2.45, 2.75) is 6.04 Å². The van der Waals surface area contributed by atoms with Gasteiger partial charge in [-0.15, -0.1) is 0 Å². The molecule has 7 heavy (non-hydrogen) atoms. The standard InChI is InChI=1S/C4H11N3/c1-3(6)4(7)2-5/h4H,1-2,5-7H2/t4-/m0/s1. The van der Waals surface area contributed by atoms with Crippen LogP contribution in [0, 0.1) is 0 Å². The van der Waals surface area contributed by atoms with Crippen molar-refractivity contribution >= 4 is 0 Å². The van der Waals surface area contributed by atoms with Gasteiger partial charge in [0.05, 0.1) is 6.04 Å². The van der Waals surface area contributed by atoms with E-state index in [0.29, 0.717) is 12.2 Å². The molecule has 42 valence electrons. The second-order valence-electron chi connectivity index (χ2n) is 1.42. The van der Waals surface area contributed by atoms with Crippen molar-refractivity contribution in [3.8, 4) is 0 Å². The van der Waals surface area contributed by atoms with Crippen molar-refractivity contribution in [1.82, 2.24) is 0 Å². The SMILES string of the molecule is C=C(N)[C@@H](N)CN. The molecule has 0 aromatic heterocycles. The third-order valence-corrected chi connectivity index (χ3v) is 0.730. The van der Waals surface area contributed by atoms with E-state index in [0.717, 1.165) is 0 Å². The highest BCUT2D eigenvalue weighted by atomic mass is 14.8. The van der Waals surface area contributed by atoms with Gasteiger partial charge in [0, 0.05) is 12.2 Å². The normalized spacial score (nSPS) is 13.4. The van der Waals surface area contributed by atoms with E-state index in [1.54, 1.807) is 0 Å². The maximum Gasteiger partial charge on any atom is 0.0560 e. The van der Waals surface area contributed by atoms with Crippen LogP contribution in [0.25, 0.3) is 0 Å². The van der Waals surface area contributed by atoms with Gasteiger partial charge in [-0.05, 0) is 0 Å². The van der Waals surface area contributed by atoms with Gasteiger partial charge in [0.1, 0.15) is 0 Å². The lowest BCUT2D eigenvalue weighted by molar-refractivity contribution is 0.771. The smallest absolute Gasteiger partial charge is 0.0560 e. The first kappa shape index (κ1) is 6.46. The maximum atomic E-state index is 5.27. The van der Waals surface area contributed by atoms with Crippen LogP contribution in [0.5, 0.6) is 0 Å². The Morgan fingerprint density at radius 3 is 2.14 bits per heavy atom. The average molecular weight is 101 g/mol. The molecule has 0 aliphatic rings. The van der Waals surface area contributed by atoms with Gasteiger partial charge in [-0.25, -0.2) is 0 Å². The molecule has 0 aliphatic carbocycles.